The van der Waals surface area contributed by atoms with Crippen molar-refractivity contribution in [1.82, 2.24) is 15.7 Å². The fourth-order valence-corrected chi connectivity index (χ4v) is 4.95. The molecule has 0 spiro atoms. The van der Waals surface area contributed by atoms with Gasteiger partial charge in [0.15, 0.2) is 0 Å². The van der Waals surface area contributed by atoms with E-state index in [-0.39, 0.29) is 18.5 Å². The van der Waals surface area contributed by atoms with Crippen molar-refractivity contribution < 1.29 is 29.5 Å². The Bertz CT molecular complexity index is 1080. The number of carbonyl (C=O) groups is 4. The number of unbranched alkanes of at least 4 members (excludes halogenated alkanes) is 2. The van der Waals surface area contributed by atoms with Crippen molar-refractivity contribution in [2.75, 3.05) is 6.67 Å². The van der Waals surface area contributed by atoms with Crippen LogP contribution in [0.3, 0.4) is 0 Å². The normalized spacial score (nSPS) is 17.2. The van der Waals surface area contributed by atoms with Crippen LogP contribution in [0, 0.1) is 5.92 Å². The molecule has 2 aliphatic carbocycles. The third kappa shape index (κ3) is 6.65. The number of carboxylic acids is 1. The molecule has 0 heterocycles. The predicted octanol–water partition coefficient (Wildman–Crippen LogP) is 3.53. The molecule has 2 aliphatic rings. The Hall–Kier alpha value is -3.46. The number of rotatable bonds is 15. The van der Waals surface area contributed by atoms with Crippen molar-refractivity contribution in [3.8, 4) is 0 Å². The van der Waals surface area contributed by atoms with E-state index in [0.29, 0.717) is 49.2 Å². The quantitative estimate of drug-likeness (QED) is 0.0935. The molecule has 4 N–H and O–H groups in total. The molecule has 2 unspecified atom stereocenters. The molecule has 1 aromatic carbocycles. The van der Waals surface area contributed by atoms with E-state index >= 15 is 0 Å². The molecule has 0 aliphatic heterocycles. The van der Waals surface area contributed by atoms with Crippen molar-refractivity contribution in [3.05, 3.63) is 53.1 Å². The van der Waals surface area contributed by atoms with Gasteiger partial charge < -0.3 is 15.7 Å². The average molecular weight is 512 g/mol. The van der Waals surface area contributed by atoms with Crippen LogP contribution in [0.4, 0.5) is 0 Å². The molecular formula is C28H37N3O6. The number of carbonyl (C=O) groups excluding carboxylic acids is 3. The van der Waals surface area contributed by atoms with Crippen LogP contribution in [0.25, 0.3) is 5.57 Å². The summed E-state index contributed by atoms with van der Waals surface area (Å²) < 4.78 is 0. The number of allylic oxidation sites excluding steroid dienone is 3. The average Bonchev–Trinajstić information content (AvgIpc) is 3.58. The minimum Gasteiger partial charge on any atom is -0.481 e. The van der Waals surface area contributed by atoms with E-state index in [1.165, 1.54) is 0 Å². The van der Waals surface area contributed by atoms with Crippen LogP contribution in [0.5, 0.6) is 0 Å². The number of benzene rings is 1. The van der Waals surface area contributed by atoms with E-state index in [1.807, 2.05) is 30.3 Å². The summed E-state index contributed by atoms with van der Waals surface area (Å²) in [5.41, 5.74) is 2.36. The van der Waals surface area contributed by atoms with Gasteiger partial charge >= 0.3 is 5.97 Å². The lowest BCUT2D eigenvalue weighted by Gasteiger charge is -2.29. The summed E-state index contributed by atoms with van der Waals surface area (Å²) in [6, 6.07) is 6.86. The summed E-state index contributed by atoms with van der Waals surface area (Å²) in [4.78, 5) is 48.4. The van der Waals surface area contributed by atoms with Gasteiger partial charge in [0, 0.05) is 12.0 Å². The van der Waals surface area contributed by atoms with Gasteiger partial charge in [0.05, 0.1) is 24.0 Å². The van der Waals surface area contributed by atoms with Gasteiger partial charge in [-0.25, -0.2) is 5.06 Å². The summed E-state index contributed by atoms with van der Waals surface area (Å²) >= 11 is 0. The maximum atomic E-state index is 12.9. The van der Waals surface area contributed by atoms with Crippen molar-refractivity contribution in [3.63, 3.8) is 0 Å². The highest BCUT2D eigenvalue weighted by atomic mass is 16.5. The second kappa shape index (κ2) is 12.7. The standard InChI is InChI=1S/C28H37N3O6/c1-3-5-6-10-23(24(4-2)31(37)18-32)26(34)30-17-29-25(33)21-12-11-20(15-21)19-8-7-9-22(16-19)28(13-14-28)27(35)36/h7-9,11-12,16,18,23-24,37H,3-6,10,13-15,17H2,1-2H3,(H,29,33)(H,30,34)(H,35,36). The molecular weight excluding hydrogens is 474 g/mol. The van der Waals surface area contributed by atoms with Crippen LogP contribution in [-0.2, 0) is 24.6 Å². The SMILES string of the molecule is CCCCCC(C(=O)NCNC(=O)C1=CC=C(c2cccc(C3(C(=O)O)CC3)c2)C1)C(CC)N(O)C=O. The Labute approximate surface area is 217 Å². The summed E-state index contributed by atoms with van der Waals surface area (Å²) in [6.45, 7) is 3.78. The van der Waals surface area contributed by atoms with Crippen molar-refractivity contribution in [2.24, 2.45) is 5.92 Å². The first-order valence-corrected chi connectivity index (χ1v) is 13.0. The number of aliphatic carboxylic acids is 1. The number of amides is 3. The third-order valence-electron chi connectivity index (χ3n) is 7.40. The highest BCUT2D eigenvalue weighted by molar-refractivity contribution is 5.98. The molecule has 3 amide bonds. The molecule has 2 atom stereocenters. The number of hydrogen-bond donors (Lipinski definition) is 4. The van der Waals surface area contributed by atoms with Crippen LogP contribution in [0.1, 0.15) is 76.3 Å². The molecule has 0 bridgehead atoms. The lowest BCUT2D eigenvalue weighted by molar-refractivity contribution is -0.168. The Morgan fingerprint density at radius 2 is 1.89 bits per heavy atom. The lowest BCUT2D eigenvalue weighted by atomic mass is 9.90. The molecule has 9 nitrogen and oxygen atoms in total. The molecule has 1 saturated carbocycles. The number of nitrogens with zero attached hydrogens (tertiary/aromatic N) is 1. The number of hydrogen-bond acceptors (Lipinski definition) is 5. The lowest BCUT2D eigenvalue weighted by Crippen LogP contribution is -2.47. The number of hydroxylamine groups is 2. The van der Waals surface area contributed by atoms with Crippen LogP contribution < -0.4 is 10.6 Å². The summed E-state index contributed by atoms with van der Waals surface area (Å²) in [5.74, 6) is -2.03. The molecule has 1 fully saturated rings. The molecule has 200 valence electrons. The summed E-state index contributed by atoms with van der Waals surface area (Å²) in [7, 11) is 0. The Morgan fingerprint density at radius 3 is 2.51 bits per heavy atom. The maximum absolute atomic E-state index is 12.9. The molecule has 0 radical (unpaired) electrons. The van der Waals surface area contributed by atoms with Gasteiger partial charge in [-0.1, -0.05) is 69.5 Å². The van der Waals surface area contributed by atoms with Gasteiger partial charge in [0.2, 0.25) is 18.2 Å². The summed E-state index contributed by atoms with van der Waals surface area (Å²) in [5, 5.41) is 25.5. The van der Waals surface area contributed by atoms with Crippen LogP contribution >= 0.6 is 0 Å². The van der Waals surface area contributed by atoms with Gasteiger partial charge in [-0.05, 0) is 42.4 Å². The van der Waals surface area contributed by atoms with Crippen LogP contribution in [0.2, 0.25) is 0 Å². The minimum atomic E-state index is -0.805. The zero-order valence-corrected chi connectivity index (χ0v) is 21.5. The van der Waals surface area contributed by atoms with Gasteiger partial charge in [0.25, 0.3) is 0 Å². The third-order valence-corrected chi connectivity index (χ3v) is 7.40. The van der Waals surface area contributed by atoms with Crippen LogP contribution in [0.15, 0.2) is 42.0 Å². The first-order chi connectivity index (χ1) is 17.8. The minimum absolute atomic E-state index is 0.0752. The monoisotopic (exact) mass is 511 g/mol. The topological polar surface area (TPSA) is 136 Å². The fourth-order valence-electron chi connectivity index (χ4n) is 4.95. The van der Waals surface area contributed by atoms with Gasteiger partial charge in [-0.3, -0.25) is 24.4 Å². The van der Waals surface area contributed by atoms with E-state index < -0.39 is 23.3 Å². The first kappa shape index (κ1) is 28.1. The van der Waals surface area contributed by atoms with E-state index in [2.05, 4.69) is 17.6 Å². The predicted molar refractivity (Wildman–Crippen MR) is 138 cm³/mol. The largest absolute Gasteiger partial charge is 0.481 e. The maximum Gasteiger partial charge on any atom is 0.314 e. The van der Waals surface area contributed by atoms with Gasteiger partial charge in [-0.2, -0.15) is 0 Å². The zero-order valence-electron chi connectivity index (χ0n) is 21.5. The number of nitrogens with one attached hydrogen (secondary N) is 2. The molecule has 0 aromatic heterocycles. The smallest absolute Gasteiger partial charge is 0.314 e. The fraction of sp³-hybridized carbons (Fsp3) is 0.500. The zero-order chi connectivity index (χ0) is 27.0. The molecule has 0 saturated heterocycles. The Kier molecular flexibility index (Phi) is 9.63. The highest BCUT2D eigenvalue weighted by Crippen LogP contribution is 2.49. The highest BCUT2D eigenvalue weighted by Gasteiger charge is 2.51. The van der Waals surface area contributed by atoms with Crippen molar-refractivity contribution >= 4 is 29.8 Å². The first-order valence-electron chi connectivity index (χ1n) is 13.0. The van der Waals surface area contributed by atoms with Gasteiger partial charge in [0.1, 0.15) is 0 Å². The van der Waals surface area contributed by atoms with E-state index in [1.54, 1.807) is 13.0 Å². The van der Waals surface area contributed by atoms with Crippen molar-refractivity contribution in [1.29, 1.82) is 0 Å². The Morgan fingerprint density at radius 1 is 1.14 bits per heavy atom. The van der Waals surface area contributed by atoms with E-state index in [4.69, 9.17) is 0 Å². The second-order valence-corrected chi connectivity index (χ2v) is 9.82. The number of carboxylic acid groups (broad SMARTS) is 1. The second-order valence-electron chi connectivity index (χ2n) is 9.82. The van der Waals surface area contributed by atoms with Gasteiger partial charge in [-0.15, -0.1) is 0 Å². The molecule has 1 aromatic rings. The molecule has 9 heteroatoms. The summed E-state index contributed by atoms with van der Waals surface area (Å²) in [6.07, 6.45) is 9.23. The van der Waals surface area contributed by atoms with E-state index in [9.17, 15) is 29.5 Å². The molecule has 37 heavy (non-hydrogen) atoms. The van der Waals surface area contributed by atoms with E-state index in [0.717, 1.165) is 36.0 Å². The van der Waals surface area contributed by atoms with Crippen LogP contribution in [-0.4, -0.2) is 52.3 Å². The van der Waals surface area contributed by atoms with Crippen molar-refractivity contribution in [2.45, 2.75) is 76.7 Å². The molecule has 3 rings (SSSR count). The Balaban J connectivity index is 1.53.